The first-order valence-corrected chi connectivity index (χ1v) is 7.29. The largest absolute Gasteiger partial charge is 0.493 e. The number of hydrogen-bond acceptors (Lipinski definition) is 4. The maximum Gasteiger partial charge on any atom is 0.252 e. The van der Waals surface area contributed by atoms with Gasteiger partial charge in [0.25, 0.3) is 5.91 Å². The second-order valence-corrected chi connectivity index (χ2v) is 5.04. The predicted molar refractivity (Wildman–Crippen MR) is 83.8 cm³/mol. The molecule has 0 fully saturated rings. The highest BCUT2D eigenvalue weighted by molar-refractivity contribution is 6.32. The molecule has 0 radical (unpaired) electrons. The number of amides is 1. The van der Waals surface area contributed by atoms with Crippen molar-refractivity contribution in [2.24, 2.45) is 0 Å². The molecule has 0 saturated heterocycles. The van der Waals surface area contributed by atoms with Crippen LogP contribution in [0.25, 0.3) is 0 Å². The van der Waals surface area contributed by atoms with Crippen molar-refractivity contribution in [1.82, 2.24) is 5.32 Å². The average Bonchev–Trinajstić information content (AvgIpc) is 3.03. The molecule has 1 aromatic carbocycles. The molecule has 0 saturated carbocycles. The Morgan fingerprint density at radius 3 is 2.82 bits per heavy atom. The fourth-order valence-electron chi connectivity index (χ4n) is 2.02. The summed E-state index contributed by atoms with van der Waals surface area (Å²) in [5.74, 6) is 1.26. The molecule has 0 aliphatic rings. The molecule has 6 heteroatoms. The summed E-state index contributed by atoms with van der Waals surface area (Å²) in [6, 6.07) is 6.48. The summed E-state index contributed by atoms with van der Waals surface area (Å²) in [6.07, 6.45) is 1.56. The molecule has 0 spiro atoms. The summed E-state index contributed by atoms with van der Waals surface area (Å²) in [5.41, 5.74) is 0.392. The van der Waals surface area contributed by atoms with Crippen molar-refractivity contribution in [2.45, 2.75) is 19.9 Å². The summed E-state index contributed by atoms with van der Waals surface area (Å²) < 4.78 is 15.9. The van der Waals surface area contributed by atoms with Crippen LogP contribution in [0.5, 0.6) is 11.5 Å². The summed E-state index contributed by atoms with van der Waals surface area (Å²) in [5, 5.41) is 3.17. The molecule has 1 amide bonds. The van der Waals surface area contributed by atoms with Crippen molar-refractivity contribution in [3.63, 3.8) is 0 Å². The zero-order valence-electron chi connectivity index (χ0n) is 12.7. The average molecular weight is 324 g/mol. The normalized spacial score (nSPS) is 11.8. The molecule has 22 heavy (non-hydrogen) atoms. The van der Waals surface area contributed by atoms with Crippen LogP contribution in [0.15, 0.2) is 34.9 Å². The van der Waals surface area contributed by atoms with Gasteiger partial charge < -0.3 is 19.2 Å². The van der Waals surface area contributed by atoms with Crippen molar-refractivity contribution < 1.29 is 18.7 Å². The second kappa shape index (κ2) is 7.22. The Kier molecular flexibility index (Phi) is 5.33. The van der Waals surface area contributed by atoms with E-state index in [-0.39, 0.29) is 11.9 Å². The van der Waals surface area contributed by atoms with Crippen molar-refractivity contribution in [2.75, 3.05) is 13.7 Å². The van der Waals surface area contributed by atoms with E-state index >= 15 is 0 Å². The van der Waals surface area contributed by atoms with Gasteiger partial charge in [-0.05, 0) is 38.1 Å². The van der Waals surface area contributed by atoms with Gasteiger partial charge in [0.05, 0.1) is 31.0 Å². The van der Waals surface area contributed by atoms with Crippen molar-refractivity contribution in [1.29, 1.82) is 0 Å². The summed E-state index contributed by atoms with van der Waals surface area (Å²) in [4.78, 5) is 12.3. The minimum absolute atomic E-state index is 0.251. The molecule has 0 bridgehead atoms. The number of furan rings is 1. The van der Waals surface area contributed by atoms with Crippen molar-refractivity contribution in [3.8, 4) is 11.5 Å². The Balaban J connectivity index is 2.21. The number of carbonyl (C=O) groups is 1. The van der Waals surface area contributed by atoms with Gasteiger partial charge in [0.15, 0.2) is 11.5 Å². The van der Waals surface area contributed by atoms with Crippen LogP contribution in [-0.4, -0.2) is 19.6 Å². The number of nitrogens with one attached hydrogen (secondary N) is 1. The lowest BCUT2D eigenvalue weighted by atomic mass is 10.1. The van der Waals surface area contributed by atoms with E-state index in [4.69, 9.17) is 25.5 Å². The molecule has 5 nitrogen and oxygen atoms in total. The zero-order chi connectivity index (χ0) is 16.1. The number of benzene rings is 1. The standard InChI is InChI=1S/C16H18ClNO4/c1-4-21-15-12(17)8-11(9-14(15)20-3)16(19)18-10(2)13-6-5-7-22-13/h5-10H,4H2,1-3H3,(H,18,19)/t10-/m1/s1. The van der Waals surface area contributed by atoms with Gasteiger partial charge in [-0.25, -0.2) is 0 Å². The molecule has 1 atom stereocenters. The van der Waals surface area contributed by atoms with E-state index in [0.717, 1.165) is 0 Å². The van der Waals surface area contributed by atoms with Crippen LogP contribution in [-0.2, 0) is 0 Å². The SMILES string of the molecule is CCOc1c(Cl)cc(C(=O)N[C@H](C)c2ccco2)cc1OC. The van der Waals surface area contributed by atoms with E-state index in [2.05, 4.69) is 5.32 Å². The van der Waals surface area contributed by atoms with Gasteiger partial charge in [-0.3, -0.25) is 4.79 Å². The number of methoxy groups -OCH3 is 1. The van der Waals surface area contributed by atoms with E-state index in [1.165, 1.54) is 7.11 Å². The van der Waals surface area contributed by atoms with E-state index in [1.54, 1.807) is 30.5 Å². The monoisotopic (exact) mass is 323 g/mol. The smallest absolute Gasteiger partial charge is 0.252 e. The zero-order valence-corrected chi connectivity index (χ0v) is 13.4. The highest BCUT2D eigenvalue weighted by Gasteiger charge is 2.18. The molecule has 1 heterocycles. The summed E-state index contributed by atoms with van der Waals surface area (Å²) >= 11 is 6.17. The fourth-order valence-corrected chi connectivity index (χ4v) is 2.29. The molecular formula is C16H18ClNO4. The number of rotatable bonds is 6. The molecule has 0 aliphatic carbocycles. The lowest BCUT2D eigenvalue weighted by Crippen LogP contribution is -2.26. The number of halogens is 1. The Labute approximate surface area is 134 Å². The maximum atomic E-state index is 12.3. The number of carbonyl (C=O) groups excluding carboxylic acids is 1. The van der Waals surface area contributed by atoms with E-state index in [0.29, 0.717) is 34.5 Å². The van der Waals surface area contributed by atoms with Gasteiger partial charge in [0.1, 0.15) is 5.76 Å². The highest BCUT2D eigenvalue weighted by Crippen LogP contribution is 2.36. The topological polar surface area (TPSA) is 60.7 Å². The second-order valence-electron chi connectivity index (χ2n) is 4.63. The Morgan fingerprint density at radius 2 is 2.23 bits per heavy atom. The Hall–Kier alpha value is -2.14. The van der Waals surface area contributed by atoms with Gasteiger partial charge in [0, 0.05) is 5.56 Å². The Morgan fingerprint density at radius 1 is 1.45 bits per heavy atom. The van der Waals surface area contributed by atoms with Crippen LogP contribution in [0.3, 0.4) is 0 Å². The number of hydrogen-bond donors (Lipinski definition) is 1. The van der Waals surface area contributed by atoms with Gasteiger partial charge in [-0.2, -0.15) is 0 Å². The first kappa shape index (κ1) is 16.2. The minimum Gasteiger partial charge on any atom is -0.493 e. The molecule has 0 aliphatic heterocycles. The number of ether oxygens (including phenoxy) is 2. The first-order chi connectivity index (χ1) is 10.6. The summed E-state index contributed by atoms with van der Waals surface area (Å²) in [7, 11) is 1.50. The van der Waals surface area contributed by atoms with E-state index in [1.807, 2.05) is 13.8 Å². The third kappa shape index (κ3) is 3.54. The van der Waals surface area contributed by atoms with Crippen LogP contribution in [0, 0.1) is 0 Å². The minimum atomic E-state index is -0.271. The third-order valence-corrected chi connectivity index (χ3v) is 3.38. The van der Waals surface area contributed by atoms with Gasteiger partial charge in [0.2, 0.25) is 0 Å². The summed E-state index contributed by atoms with van der Waals surface area (Å²) in [6.45, 7) is 4.14. The molecule has 1 N–H and O–H groups in total. The highest BCUT2D eigenvalue weighted by atomic mass is 35.5. The van der Waals surface area contributed by atoms with E-state index < -0.39 is 0 Å². The molecule has 1 aromatic heterocycles. The predicted octanol–water partition coefficient (Wildman–Crippen LogP) is 3.83. The maximum absolute atomic E-state index is 12.3. The molecule has 2 rings (SSSR count). The lowest BCUT2D eigenvalue weighted by molar-refractivity contribution is 0.0935. The Bertz CT molecular complexity index is 640. The van der Waals surface area contributed by atoms with Gasteiger partial charge in [-0.15, -0.1) is 0 Å². The third-order valence-electron chi connectivity index (χ3n) is 3.10. The fraction of sp³-hybridized carbons (Fsp3) is 0.312. The van der Waals surface area contributed by atoms with Crippen molar-refractivity contribution in [3.05, 3.63) is 46.9 Å². The molecule has 118 valence electrons. The van der Waals surface area contributed by atoms with Crippen LogP contribution in [0.2, 0.25) is 5.02 Å². The van der Waals surface area contributed by atoms with Crippen LogP contribution >= 0.6 is 11.6 Å². The molecular weight excluding hydrogens is 306 g/mol. The van der Waals surface area contributed by atoms with Gasteiger partial charge >= 0.3 is 0 Å². The van der Waals surface area contributed by atoms with Crippen LogP contribution < -0.4 is 14.8 Å². The van der Waals surface area contributed by atoms with Crippen molar-refractivity contribution >= 4 is 17.5 Å². The lowest BCUT2D eigenvalue weighted by Gasteiger charge is -2.15. The molecule has 0 unspecified atom stereocenters. The first-order valence-electron chi connectivity index (χ1n) is 6.91. The van der Waals surface area contributed by atoms with Crippen LogP contribution in [0.1, 0.15) is 36.0 Å². The quantitative estimate of drug-likeness (QED) is 0.877. The van der Waals surface area contributed by atoms with Gasteiger partial charge in [-0.1, -0.05) is 11.6 Å². The molecule has 2 aromatic rings. The van der Waals surface area contributed by atoms with E-state index in [9.17, 15) is 4.79 Å². The van der Waals surface area contributed by atoms with Crippen LogP contribution in [0.4, 0.5) is 0 Å².